The fourth-order valence-electron chi connectivity index (χ4n) is 2.25. The maximum atomic E-state index is 11.3. The summed E-state index contributed by atoms with van der Waals surface area (Å²) in [6.07, 6.45) is 3.28. The first kappa shape index (κ1) is 9.81. The molecule has 1 saturated heterocycles. The van der Waals surface area contributed by atoms with E-state index in [4.69, 9.17) is 4.74 Å². The van der Waals surface area contributed by atoms with E-state index >= 15 is 0 Å². The molecule has 3 nitrogen and oxygen atoms in total. The Morgan fingerprint density at radius 3 is 2.75 bits per heavy atom. The van der Waals surface area contributed by atoms with Crippen molar-refractivity contribution in [2.24, 2.45) is 5.92 Å². The quantitative estimate of drug-likeness (QED) is 0.621. The fraction of sp³-hybridized carbons (Fsp3) is 0.875. The Kier molecular flexibility index (Phi) is 2.64. The van der Waals surface area contributed by atoms with Gasteiger partial charge in [0.25, 0.3) is 0 Å². The third-order valence-corrected chi connectivity index (χ3v) is 3.07. The van der Waals surface area contributed by atoms with Crippen molar-refractivity contribution in [1.82, 2.24) is 5.32 Å². The highest BCUT2D eigenvalue weighted by molar-refractivity contribution is 5.85. The maximum absolute atomic E-state index is 11.3. The summed E-state index contributed by atoms with van der Waals surface area (Å²) in [6.45, 7) is 0.972. The summed E-state index contributed by atoms with van der Waals surface area (Å²) in [7, 11) is 1.46. The van der Waals surface area contributed by atoms with Crippen LogP contribution in [0.15, 0.2) is 0 Å². The number of hydrogen-bond donors (Lipinski definition) is 1. The number of hydrogen-bond acceptors (Lipinski definition) is 3. The lowest BCUT2D eigenvalue weighted by Gasteiger charge is -2.41. The third-order valence-electron chi connectivity index (χ3n) is 3.07. The first-order chi connectivity index (χ1) is 5.29. The van der Waals surface area contributed by atoms with Gasteiger partial charge >= 0.3 is 5.97 Å². The molecule has 0 aromatic heterocycles. The van der Waals surface area contributed by atoms with Gasteiger partial charge in [-0.05, 0) is 31.7 Å². The summed E-state index contributed by atoms with van der Waals surface area (Å²) in [5, 5.41) is 3.25. The largest absolute Gasteiger partial charge is 0.468 e. The summed E-state index contributed by atoms with van der Waals surface area (Å²) in [5.74, 6) is 0.487. The maximum Gasteiger partial charge on any atom is 0.326 e. The second-order valence-corrected chi connectivity index (χ2v) is 3.41. The van der Waals surface area contributed by atoms with Gasteiger partial charge in [-0.3, -0.25) is 4.79 Å². The minimum atomic E-state index is -0.269. The van der Waals surface area contributed by atoms with Crippen molar-refractivity contribution in [3.63, 3.8) is 0 Å². The number of carbonyl (C=O) groups excluding carboxylic acids is 1. The molecule has 2 atom stereocenters. The van der Waals surface area contributed by atoms with Crippen LogP contribution in [0, 0.1) is 5.92 Å². The number of fused-ring (bicyclic) bond motifs is 1. The van der Waals surface area contributed by atoms with E-state index in [9.17, 15) is 4.79 Å². The second-order valence-electron chi connectivity index (χ2n) is 3.41. The normalized spacial score (nSPS) is 37.6. The van der Waals surface area contributed by atoms with Gasteiger partial charge in [-0.15, -0.1) is 12.4 Å². The van der Waals surface area contributed by atoms with Gasteiger partial charge in [0.15, 0.2) is 0 Å². The Balaban J connectivity index is 0.000000720. The molecular formula is C8H14ClNO2. The molecule has 1 heterocycles. The Morgan fingerprint density at radius 1 is 1.58 bits per heavy atom. The lowest BCUT2D eigenvalue weighted by Crippen LogP contribution is -2.58. The number of carbonyl (C=O) groups is 1. The van der Waals surface area contributed by atoms with Crippen LogP contribution >= 0.6 is 12.4 Å². The molecule has 70 valence electrons. The zero-order valence-corrected chi connectivity index (χ0v) is 7.95. The van der Waals surface area contributed by atoms with Crippen molar-refractivity contribution >= 4 is 18.4 Å². The fourth-order valence-corrected chi connectivity index (χ4v) is 2.25. The van der Waals surface area contributed by atoms with Gasteiger partial charge in [-0.2, -0.15) is 0 Å². The second kappa shape index (κ2) is 3.23. The van der Waals surface area contributed by atoms with Crippen LogP contribution in [0.3, 0.4) is 0 Å². The zero-order chi connectivity index (χ0) is 7.90. The standard InChI is InChI=1S/C8H13NO2.ClH/c1-11-7(10)8-4-2-6(8)3-5-9-8;/h6,9H,2-5H2,1H3;1H/t6-,8-;/m1./s1. The molecule has 2 aliphatic rings. The summed E-state index contributed by atoms with van der Waals surface area (Å²) < 4.78 is 4.76. The van der Waals surface area contributed by atoms with Gasteiger partial charge in [-0.1, -0.05) is 0 Å². The van der Waals surface area contributed by atoms with E-state index in [0.29, 0.717) is 5.92 Å². The number of esters is 1. The van der Waals surface area contributed by atoms with Crippen LogP contribution in [0.25, 0.3) is 0 Å². The Hall–Kier alpha value is -0.280. The summed E-state index contributed by atoms with van der Waals surface area (Å²) in [5.41, 5.74) is -0.269. The Bertz CT molecular complexity index is 197. The van der Waals surface area contributed by atoms with Crippen molar-refractivity contribution < 1.29 is 9.53 Å². The molecule has 1 saturated carbocycles. The lowest BCUT2D eigenvalue weighted by molar-refractivity contribution is -0.154. The van der Waals surface area contributed by atoms with Gasteiger partial charge < -0.3 is 10.1 Å². The summed E-state index contributed by atoms with van der Waals surface area (Å²) in [6, 6.07) is 0. The van der Waals surface area contributed by atoms with E-state index in [1.807, 2.05) is 0 Å². The van der Waals surface area contributed by atoms with Crippen molar-refractivity contribution in [2.75, 3.05) is 13.7 Å². The van der Waals surface area contributed by atoms with Gasteiger partial charge in [0.1, 0.15) is 5.54 Å². The molecule has 0 unspecified atom stereocenters. The molecule has 2 rings (SSSR count). The third kappa shape index (κ3) is 1.04. The van der Waals surface area contributed by atoms with Gasteiger partial charge in [0.2, 0.25) is 0 Å². The number of methoxy groups -OCH3 is 1. The number of nitrogens with one attached hydrogen (secondary N) is 1. The van der Waals surface area contributed by atoms with E-state index in [2.05, 4.69) is 5.32 Å². The number of rotatable bonds is 1. The minimum absolute atomic E-state index is 0. The summed E-state index contributed by atoms with van der Waals surface area (Å²) in [4.78, 5) is 11.3. The molecule has 1 N–H and O–H groups in total. The molecule has 1 aliphatic heterocycles. The van der Waals surface area contributed by atoms with Crippen molar-refractivity contribution in [2.45, 2.75) is 24.8 Å². The lowest BCUT2D eigenvalue weighted by atomic mass is 9.68. The highest BCUT2D eigenvalue weighted by atomic mass is 35.5. The Labute approximate surface area is 78.3 Å². The predicted octanol–water partition coefficient (Wildman–Crippen LogP) is 0.723. The molecule has 0 radical (unpaired) electrons. The summed E-state index contributed by atoms with van der Waals surface area (Å²) >= 11 is 0. The van der Waals surface area contributed by atoms with Gasteiger partial charge in [0.05, 0.1) is 7.11 Å². The van der Waals surface area contributed by atoms with Crippen LogP contribution in [0.2, 0.25) is 0 Å². The number of halogens is 1. The SMILES string of the molecule is COC(=O)[C@@]12CC[C@@H]1CCN2.Cl. The average molecular weight is 192 g/mol. The predicted molar refractivity (Wildman–Crippen MR) is 47.3 cm³/mol. The van der Waals surface area contributed by atoms with E-state index in [1.165, 1.54) is 13.5 Å². The van der Waals surface area contributed by atoms with E-state index in [-0.39, 0.29) is 23.9 Å². The average Bonchev–Trinajstić information content (AvgIpc) is 2.27. The molecule has 2 fully saturated rings. The topological polar surface area (TPSA) is 38.3 Å². The van der Waals surface area contributed by atoms with E-state index in [0.717, 1.165) is 19.4 Å². The van der Waals surface area contributed by atoms with Gasteiger partial charge in [0, 0.05) is 0 Å². The molecule has 0 bridgehead atoms. The smallest absolute Gasteiger partial charge is 0.326 e. The van der Waals surface area contributed by atoms with Gasteiger partial charge in [-0.25, -0.2) is 0 Å². The van der Waals surface area contributed by atoms with Crippen molar-refractivity contribution in [1.29, 1.82) is 0 Å². The molecule has 0 aromatic rings. The van der Waals surface area contributed by atoms with E-state index in [1.54, 1.807) is 0 Å². The first-order valence-corrected chi connectivity index (χ1v) is 4.13. The zero-order valence-electron chi connectivity index (χ0n) is 7.13. The van der Waals surface area contributed by atoms with Crippen LogP contribution in [-0.2, 0) is 9.53 Å². The van der Waals surface area contributed by atoms with Crippen LogP contribution in [0.5, 0.6) is 0 Å². The molecule has 0 spiro atoms. The molecule has 12 heavy (non-hydrogen) atoms. The highest BCUT2D eigenvalue weighted by Crippen LogP contribution is 2.44. The molecule has 4 heteroatoms. The van der Waals surface area contributed by atoms with Crippen molar-refractivity contribution in [3.05, 3.63) is 0 Å². The Morgan fingerprint density at radius 2 is 2.33 bits per heavy atom. The monoisotopic (exact) mass is 191 g/mol. The van der Waals surface area contributed by atoms with E-state index < -0.39 is 0 Å². The van der Waals surface area contributed by atoms with Crippen molar-refractivity contribution in [3.8, 4) is 0 Å². The molecule has 1 aliphatic carbocycles. The highest BCUT2D eigenvalue weighted by Gasteiger charge is 2.56. The van der Waals surface area contributed by atoms with Crippen LogP contribution in [0.1, 0.15) is 19.3 Å². The number of ether oxygens (including phenoxy) is 1. The minimum Gasteiger partial charge on any atom is -0.468 e. The first-order valence-electron chi connectivity index (χ1n) is 4.13. The van der Waals surface area contributed by atoms with Crippen LogP contribution in [0.4, 0.5) is 0 Å². The van der Waals surface area contributed by atoms with Crippen LogP contribution < -0.4 is 5.32 Å². The molecule has 0 amide bonds. The molecular weight excluding hydrogens is 178 g/mol. The van der Waals surface area contributed by atoms with Crippen LogP contribution in [-0.4, -0.2) is 25.2 Å². The molecule has 0 aromatic carbocycles.